The van der Waals surface area contributed by atoms with Crippen LogP contribution in [0.25, 0.3) is 22.3 Å². The third-order valence-electron chi connectivity index (χ3n) is 8.72. The number of carbonyl (C=O) groups is 1. The third kappa shape index (κ3) is 5.55. The first-order valence-electron chi connectivity index (χ1n) is 14.0. The Labute approximate surface area is 225 Å². The number of nitrogens with one attached hydrogen (secondary N) is 1. The van der Waals surface area contributed by atoms with Crippen LogP contribution in [-0.4, -0.2) is 20.0 Å². The SMILES string of the molecule is CNC(=O)c1c(-c2ccc(F)cc2)oc2cc(N(C)S)c(C3CCCC(C4CCCCCCC4)C3)cc12. The fourth-order valence-electron chi connectivity index (χ4n) is 6.81. The summed E-state index contributed by atoms with van der Waals surface area (Å²) in [6.07, 6.45) is 14.6. The van der Waals surface area contributed by atoms with Crippen molar-refractivity contribution in [3.63, 3.8) is 0 Å². The van der Waals surface area contributed by atoms with Crippen molar-refractivity contribution in [3.8, 4) is 11.3 Å². The quantitative estimate of drug-likeness (QED) is 0.330. The van der Waals surface area contributed by atoms with Crippen LogP contribution in [0.15, 0.2) is 40.8 Å². The van der Waals surface area contributed by atoms with Gasteiger partial charge in [-0.1, -0.05) is 70.6 Å². The van der Waals surface area contributed by atoms with Crippen LogP contribution < -0.4 is 9.62 Å². The van der Waals surface area contributed by atoms with Crippen molar-refractivity contribution in [1.82, 2.24) is 5.32 Å². The highest BCUT2D eigenvalue weighted by atomic mass is 32.1. The van der Waals surface area contributed by atoms with Crippen molar-refractivity contribution in [2.75, 3.05) is 18.4 Å². The van der Waals surface area contributed by atoms with Gasteiger partial charge in [-0.3, -0.25) is 4.79 Å². The molecular formula is C31H39FN2O2S. The predicted molar refractivity (Wildman–Crippen MR) is 153 cm³/mol. The summed E-state index contributed by atoms with van der Waals surface area (Å²) in [5, 5.41) is 3.59. The van der Waals surface area contributed by atoms with Crippen molar-refractivity contribution in [3.05, 3.63) is 53.3 Å². The van der Waals surface area contributed by atoms with E-state index in [1.165, 1.54) is 81.9 Å². The van der Waals surface area contributed by atoms with Crippen LogP contribution in [0.4, 0.5) is 10.1 Å². The van der Waals surface area contributed by atoms with Crippen molar-refractivity contribution in [2.24, 2.45) is 11.8 Å². The van der Waals surface area contributed by atoms with E-state index in [1.54, 1.807) is 19.2 Å². The van der Waals surface area contributed by atoms with E-state index in [0.717, 1.165) is 29.3 Å². The molecule has 2 fully saturated rings. The van der Waals surface area contributed by atoms with Crippen LogP contribution in [0.2, 0.25) is 0 Å². The van der Waals surface area contributed by atoms with Crippen LogP contribution in [0.1, 0.15) is 92.5 Å². The van der Waals surface area contributed by atoms with Crippen LogP contribution >= 0.6 is 12.8 Å². The van der Waals surface area contributed by atoms with E-state index in [4.69, 9.17) is 17.2 Å². The number of furan rings is 1. The zero-order chi connectivity index (χ0) is 25.9. The van der Waals surface area contributed by atoms with Gasteiger partial charge in [0.15, 0.2) is 0 Å². The molecular weight excluding hydrogens is 483 g/mol. The maximum absolute atomic E-state index is 13.6. The zero-order valence-electron chi connectivity index (χ0n) is 22.1. The van der Waals surface area contributed by atoms with Gasteiger partial charge in [0.25, 0.3) is 5.91 Å². The maximum Gasteiger partial charge on any atom is 0.255 e. The summed E-state index contributed by atoms with van der Waals surface area (Å²) in [5.74, 6) is 1.98. The van der Waals surface area contributed by atoms with Gasteiger partial charge in [0.05, 0.1) is 11.3 Å². The number of carbonyl (C=O) groups excluding carboxylic acids is 1. The van der Waals surface area contributed by atoms with E-state index in [0.29, 0.717) is 28.4 Å². The fourth-order valence-corrected chi connectivity index (χ4v) is 6.98. The predicted octanol–water partition coefficient (Wildman–Crippen LogP) is 8.51. The molecule has 0 aliphatic heterocycles. The molecule has 2 unspecified atom stereocenters. The molecule has 2 aliphatic rings. The molecule has 2 saturated carbocycles. The normalized spacial score (nSPS) is 21.4. The molecule has 5 rings (SSSR count). The van der Waals surface area contributed by atoms with Crippen LogP contribution in [0.3, 0.4) is 0 Å². The van der Waals surface area contributed by atoms with Crippen LogP contribution in [-0.2, 0) is 0 Å². The number of hydrogen-bond donors (Lipinski definition) is 2. The number of nitrogens with zero attached hydrogens (tertiary/aromatic N) is 1. The summed E-state index contributed by atoms with van der Waals surface area (Å²) < 4.78 is 21.8. The van der Waals surface area contributed by atoms with E-state index < -0.39 is 0 Å². The molecule has 0 saturated heterocycles. The fraction of sp³-hybridized carbons (Fsp3) is 0.516. The zero-order valence-corrected chi connectivity index (χ0v) is 23.0. The summed E-state index contributed by atoms with van der Waals surface area (Å²) in [7, 11) is 3.58. The molecule has 0 bridgehead atoms. The molecule has 2 atom stereocenters. The minimum atomic E-state index is -0.321. The lowest BCUT2D eigenvalue weighted by Gasteiger charge is -2.37. The van der Waals surface area contributed by atoms with Gasteiger partial charge in [0.2, 0.25) is 0 Å². The summed E-state index contributed by atoms with van der Waals surface area (Å²) in [6.45, 7) is 0. The maximum atomic E-state index is 13.6. The van der Waals surface area contributed by atoms with Gasteiger partial charge in [0.1, 0.15) is 17.2 Å². The number of benzene rings is 2. The number of rotatable bonds is 5. The van der Waals surface area contributed by atoms with Gasteiger partial charge < -0.3 is 14.0 Å². The monoisotopic (exact) mass is 522 g/mol. The Morgan fingerprint density at radius 1 is 0.973 bits per heavy atom. The molecule has 4 nitrogen and oxygen atoms in total. The lowest BCUT2D eigenvalue weighted by atomic mass is 9.69. The number of anilines is 1. The first-order valence-corrected chi connectivity index (χ1v) is 14.4. The minimum absolute atomic E-state index is 0.202. The van der Waals surface area contributed by atoms with Crippen molar-refractivity contribution >= 4 is 35.4 Å². The summed E-state index contributed by atoms with van der Waals surface area (Å²) in [6, 6.07) is 10.3. The second-order valence-corrected chi connectivity index (χ2v) is 11.7. The van der Waals surface area contributed by atoms with E-state index in [2.05, 4.69) is 11.4 Å². The average molecular weight is 523 g/mol. The minimum Gasteiger partial charge on any atom is -0.455 e. The summed E-state index contributed by atoms with van der Waals surface area (Å²) >= 11 is 4.70. The summed E-state index contributed by atoms with van der Waals surface area (Å²) in [4.78, 5) is 13.1. The summed E-state index contributed by atoms with van der Waals surface area (Å²) in [5.41, 5.74) is 4.11. The Kier molecular flexibility index (Phi) is 8.13. The molecule has 1 heterocycles. The number of thiol groups is 1. The first-order chi connectivity index (χ1) is 18.0. The lowest BCUT2D eigenvalue weighted by molar-refractivity contribution is 0.0964. The third-order valence-corrected chi connectivity index (χ3v) is 8.93. The highest BCUT2D eigenvalue weighted by Gasteiger charge is 2.32. The molecule has 6 heteroatoms. The molecule has 1 N–H and O–H groups in total. The number of hydrogen-bond acceptors (Lipinski definition) is 4. The van der Waals surface area contributed by atoms with Crippen LogP contribution in [0, 0.1) is 17.7 Å². The number of amides is 1. The molecule has 0 radical (unpaired) electrons. The Morgan fingerprint density at radius 2 is 1.65 bits per heavy atom. The number of halogens is 1. The van der Waals surface area contributed by atoms with Gasteiger partial charge in [-0.2, -0.15) is 0 Å². The Balaban J connectivity index is 1.56. The Morgan fingerprint density at radius 3 is 2.32 bits per heavy atom. The second kappa shape index (κ2) is 11.5. The molecule has 2 aromatic carbocycles. The standard InChI is InChI=1S/C31H39FN2O2S/c1-33-31(35)29-26-18-25(23-12-8-11-22(17-23)20-9-6-4-3-5-7-10-20)27(34(2)37)19-28(26)36-30(29)21-13-15-24(32)16-14-21/h13-16,18-20,22-23,37H,3-12,17H2,1-2H3,(H,33,35). The molecule has 1 amide bonds. The van der Waals surface area contributed by atoms with Crippen LogP contribution in [0.5, 0.6) is 0 Å². The van der Waals surface area contributed by atoms with Gasteiger partial charge in [-0.15, -0.1) is 0 Å². The molecule has 37 heavy (non-hydrogen) atoms. The largest absolute Gasteiger partial charge is 0.455 e. The molecule has 2 aliphatic carbocycles. The van der Waals surface area contributed by atoms with Crippen molar-refractivity contribution < 1.29 is 13.6 Å². The van der Waals surface area contributed by atoms with Gasteiger partial charge in [-0.05, 0) is 66.5 Å². The van der Waals surface area contributed by atoms with Gasteiger partial charge in [0, 0.05) is 31.1 Å². The van der Waals surface area contributed by atoms with Crippen molar-refractivity contribution in [1.29, 1.82) is 0 Å². The first kappa shape index (κ1) is 26.1. The second-order valence-electron chi connectivity index (χ2n) is 11.1. The molecule has 1 aromatic heterocycles. The van der Waals surface area contributed by atoms with Gasteiger partial charge >= 0.3 is 0 Å². The molecule has 3 aromatic rings. The van der Waals surface area contributed by atoms with Crippen molar-refractivity contribution in [2.45, 2.75) is 76.5 Å². The molecule has 198 valence electrons. The Hall–Kier alpha value is -2.47. The molecule has 0 spiro atoms. The average Bonchev–Trinajstić information content (AvgIpc) is 3.26. The highest BCUT2D eigenvalue weighted by molar-refractivity contribution is 7.81. The topological polar surface area (TPSA) is 45.5 Å². The Bertz CT molecular complexity index is 1230. The number of fused-ring (bicyclic) bond motifs is 1. The van der Waals surface area contributed by atoms with Gasteiger partial charge in [-0.25, -0.2) is 4.39 Å². The van der Waals surface area contributed by atoms with E-state index in [-0.39, 0.29) is 11.7 Å². The van der Waals surface area contributed by atoms with E-state index in [1.807, 2.05) is 17.4 Å². The highest BCUT2D eigenvalue weighted by Crippen LogP contribution is 2.47. The smallest absolute Gasteiger partial charge is 0.255 e. The van der Waals surface area contributed by atoms with E-state index in [9.17, 15) is 9.18 Å². The van der Waals surface area contributed by atoms with E-state index >= 15 is 0 Å². The lowest BCUT2D eigenvalue weighted by Crippen LogP contribution is -2.23.